The molecule has 0 unspecified atom stereocenters. The lowest BCUT2D eigenvalue weighted by Gasteiger charge is -2.07. The molecule has 1 atom stereocenters. The molecule has 0 N–H and O–H groups in total. The normalized spacial score (nSPS) is 11.8. The van der Waals surface area contributed by atoms with Gasteiger partial charge in [-0.05, 0) is 23.1 Å². The fourth-order valence-corrected chi connectivity index (χ4v) is 1.94. The zero-order valence-electron chi connectivity index (χ0n) is 9.93. The highest BCUT2D eigenvalue weighted by Crippen LogP contribution is 2.23. The first-order valence-corrected chi connectivity index (χ1v) is 5.90. The van der Waals surface area contributed by atoms with Crippen LogP contribution in [0.25, 0.3) is 11.1 Å². The van der Waals surface area contributed by atoms with Gasteiger partial charge in [-0.25, -0.2) is 0 Å². The third kappa shape index (κ3) is 2.54. The molecule has 0 radical (unpaired) electrons. The van der Waals surface area contributed by atoms with Gasteiger partial charge in [0.15, 0.2) is 0 Å². The molecule has 0 aromatic heterocycles. The minimum absolute atomic E-state index is 0.0137. The van der Waals surface area contributed by atoms with Gasteiger partial charge in [0, 0.05) is 0 Å². The third-order valence-corrected chi connectivity index (χ3v) is 2.98. The van der Waals surface area contributed by atoms with Gasteiger partial charge in [-0.15, -0.1) is 0 Å². The average Bonchev–Trinajstić information content (AvgIpc) is 2.42. The first kappa shape index (κ1) is 11.4. The van der Waals surface area contributed by atoms with E-state index in [2.05, 4.69) is 42.5 Å². The summed E-state index contributed by atoms with van der Waals surface area (Å²) >= 11 is 0. The van der Waals surface area contributed by atoms with Gasteiger partial charge in [0.25, 0.3) is 0 Å². The topological polar surface area (TPSA) is 23.8 Å². The van der Waals surface area contributed by atoms with Crippen LogP contribution in [0.5, 0.6) is 0 Å². The Labute approximate surface area is 102 Å². The molecule has 0 bridgehead atoms. The molecule has 1 heteroatoms. The molecule has 17 heavy (non-hydrogen) atoms. The predicted octanol–water partition coefficient (Wildman–Crippen LogP) is 4.37. The summed E-state index contributed by atoms with van der Waals surface area (Å²) in [5.41, 5.74) is 3.51. The first-order chi connectivity index (χ1) is 8.35. The van der Waals surface area contributed by atoms with Gasteiger partial charge >= 0.3 is 0 Å². The van der Waals surface area contributed by atoms with Crippen molar-refractivity contribution in [2.24, 2.45) is 0 Å². The smallest absolute Gasteiger partial charge is 0.0710 e. The molecule has 0 amide bonds. The second kappa shape index (κ2) is 5.32. The second-order valence-electron chi connectivity index (χ2n) is 4.08. The van der Waals surface area contributed by atoms with Crippen LogP contribution in [0.4, 0.5) is 0 Å². The SMILES string of the molecule is CC[C@@H](C#N)c1ccc(-c2ccccc2)cc1. The van der Waals surface area contributed by atoms with Crippen molar-refractivity contribution in [3.63, 3.8) is 0 Å². The van der Waals surface area contributed by atoms with Crippen molar-refractivity contribution >= 4 is 0 Å². The maximum Gasteiger partial charge on any atom is 0.0710 e. The minimum atomic E-state index is 0.0137. The number of rotatable bonds is 3. The van der Waals surface area contributed by atoms with Crippen molar-refractivity contribution in [2.45, 2.75) is 19.3 Å². The van der Waals surface area contributed by atoms with E-state index in [1.54, 1.807) is 0 Å². The summed E-state index contributed by atoms with van der Waals surface area (Å²) in [6.45, 7) is 2.04. The van der Waals surface area contributed by atoms with E-state index in [9.17, 15) is 0 Å². The molecule has 0 spiro atoms. The molecule has 0 aliphatic rings. The number of benzene rings is 2. The van der Waals surface area contributed by atoms with Gasteiger partial charge in [0.1, 0.15) is 0 Å². The Hall–Kier alpha value is -2.07. The molecule has 2 rings (SSSR count). The highest BCUT2D eigenvalue weighted by atomic mass is 14.3. The van der Waals surface area contributed by atoms with Gasteiger partial charge in [0.2, 0.25) is 0 Å². The summed E-state index contributed by atoms with van der Waals surface area (Å²) in [4.78, 5) is 0. The number of nitrogens with zero attached hydrogens (tertiary/aromatic N) is 1. The molecule has 0 aliphatic heterocycles. The van der Waals surface area contributed by atoms with Crippen LogP contribution < -0.4 is 0 Å². The predicted molar refractivity (Wildman–Crippen MR) is 70.5 cm³/mol. The molecule has 0 saturated carbocycles. The standard InChI is InChI=1S/C16H15N/c1-2-13(12-17)15-8-10-16(11-9-15)14-6-4-3-5-7-14/h3-11,13H,2H2,1H3/t13-/m0/s1. The van der Waals surface area contributed by atoms with Crippen molar-refractivity contribution < 1.29 is 0 Å². The quantitative estimate of drug-likeness (QED) is 0.755. The van der Waals surface area contributed by atoms with Gasteiger partial charge in [0.05, 0.1) is 12.0 Å². The molecule has 1 nitrogen and oxygen atoms in total. The molecule has 0 aliphatic carbocycles. The highest BCUT2D eigenvalue weighted by molar-refractivity contribution is 5.63. The van der Waals surface area contributed by atoms with E-state index in [0.29, 0.717) is 0 Å². The fourth-order valence-electron chi connectivity index (χ4n) is 1.94. The second-order valence-corrected chi connectivity index (χ2v) is 4.08. The fraction of sp³-hybridized carbons (Fsp3) is 0.188. The first-order valence-electron chi connectivity index (χ1n) is 5.90. The van der Waals surface area contributed by atoms with E-state index >= 15 is 0 Å². The van der Waals surface area contributed by atoms with Crippen LogP contribution in [0, 0.1) is 11.3 Å². The molecule has 84 valence electrons. The number of hydrogen-bond acceptors (Lipinski definition) is 1. The van der Waals surface area contributed by atoms with Crippen molar-refractivity contribution in [1.29, 1.82) is 5.26 Å². The number of nitriles is 1. The maximum absolute atomic E-state index is 9.02. The van der Waals surface area contributed by atoms with Crippen LogP contribution in [0.15, 0.2) is 54.6 Å². The summed E-state index contributed by atoms with van der Waals surface area (Å²) in [5, 5.41) is 9.02. The van der Waals surface area contributed by atoms with E-state index in [-0.39, 0.29) is 5.92 Å². The van der Waals surface area contributed by atoms with Gasteiger partial charge in [-0.3, -0.25) is 0 Å². The number of hydrogen-bond donors (Lipinski definition) is 0. The third-order valence-electron chi connectivity index (χ3n) is 2.98. The summed E-state index contributed by atoms with van der Waals surface area (Å²) < 4.78 is 0. The summed E-state index contributed by atoms with van der Waals surface area (Å²) in [6, 6.07) is 20.9. The summed E-state index contributed by atoms with van der Waals surface area (Å²) in [5.74, 6) is 0.0137. The largest absolute Gasteiger partial charge is 0.198 e. The van der Waals surface area contributed by atoms with Gasteiger partial charge in [-0.1, -0.05) is 61.5 Å². The summed E-state index contributed by atoms with van der Waals surface area (Å²) in [7, 11) is 0. The van der Waals surface area contributed by atoms with E-state index in [1.807, 2.05) is 25.1 Å². The maximum atomic E-state index is 9.02. The van der Waals surface area contributed by atoms with E-state index in [1.165, 1.54) is 11.1 Å². The molecule has 2 aromatic rings. The van der Waals surface area contributed by atoms with E-state index in [4.69, 9.17) is 5.26 Å². The van der Waals surface area contributed by atoms with Crippen LogP contribution in [0.2, 0.25) is 0 Å². The average molecular weight is 221 g/mol. The Morgan fingerprint density at radius 1 is 0.941 bits per heavy atom. The van der Waals surface area contributed by atoms with Crippen LogP contribution in [0.3, 0.4) is 0 Å². The van der Waals surface area contributed by atoms with Gasteiger partial charge < -0.3 is 0 Å². The monoisotopic (exact) mass is 221 g/mol. The lowest BCUT2D eigenvalue weighted by Crippen LogP contribution is -1.92. The highest BCUT2D eigenvalue weighted by Gasteiger charge is 2.07. The van der Waals surface area contributed by atoms with Crippen molar-refractivity contribution in [2.75, 3.05) is 0 Å². The molecule has 0 fully saturated rings. The van der Waals surface area contributed by atoms with Crippen LogP contribution in [0.1, 0.15) is 24.8 Å². The van der Waals surface area contributed by atoms with Crippen molar-refractivity contribution in [1.82, 2.24) is 0 Å². The Bertz CT molecular complexity index is 505. The van der Waals surface area contributed by atoms with Crippen molar-refractivity contribution in [3.8, 4) is 17.2 Å². The Kier molecular flexibility index (Phi) is 3.57. The molecule has 2 aromatic carbocycles. The van der Waals surface area contributed by atoms with Gasteiger partial charge in [-0.2, -0.15) is 5.26 Å². The van der Waals surface area contributed by atoms with Crippen LogP contribution in [-0.2, 0) is 0 Å². The summed E-state index contributed by atoms with van der Waals surface area (Å²) in [6.07, 6.45) is 0.862. The van der Waals surface area contributed by atoms with E-state index < -0.39 is 0 Å². The van der Waals surface area contributed by atoms with Crippen molar-refractivity contribution in [3.05, 3.63) is 60.2 Å². The lowest BCUT2D eigenvalue weighted by molar-refractivity contribution is 0.818. The molecular formula is C16H15N. The molecular weight excluding hydrogens is 206 g/mol. The van der Waals surface area contributed by atoms with E-state index in [0.717, 1.165) is 12.0 Å². The Morgan fingerprint density at radius 3 is 2.06 bits per heavy atom. The zero-order chi connectivity index (χ0) is 12.1. The molecule has 0 heterocycles. The zero-order valence-corrected chi connectivity index (χ0v) is 9.93. The van der Waals surface area contributed by atoms with Crippen LogP contribution >= 0.6 is 0 Å². The van der Waals surface area contributed by atoms with Crippen LogP contribution in [-0.4, -0.2) is 0 Å². The minimum Gasteiger partial charge on any atom is -0.198 e. The molecule has 0 saturated heterocycles. The lowest BCUT2D eigenvalue weighted by atomic mass is 9.95. The Balaban J connectivity index is 2.28. The Morgan fingerprint density at radius 2 is 1.53 bits per heavy atom.